The molecule has 104 valence electrons. The zero-order valence-corrected chi connectivity index (χ0v) is 11.3. The van der Waals surface area contributed by atoms with Gasteiger partial charge in [-0.1, -0.05) is 6.92 Å². The molecule has 0 aliphatic heterocycles. The third-order valence-corrected chi connectivity index (χ3v) is 2.67. The average Bonchev–Trinajstić information content (AvgIpc) is 2.48. The van der Waals surface area contributed by atoms with Crippen LogP contribution in [0.3, 0.4) is 0 Å². The number of carbonyl (C=O) groups is 1. The minimum absolute atomic E-state index is 0.243. The highest BCUT2D eigenvalue weighted by Crippen LogP contribution is 2.24. The maximum atomic E-state index is 12.0. The van der Waals surface area contributed by atoms with Crippen LogP contribution in [0.4, 0.5) is 11.4 Å². The Hall–Kier alpha value is -2.56. The maximum Gasteiger partial charge on any atom is 0.257 e. The Kier molecular flexibility index (Phi) is 4.55. The van der Waals surface area contributed by atoms with Crippen molar-refractivity contribution in [2.24, 2.45) is 0 Å². The monoisotopic (exact) mass is 271 g/mol. The first-order valence-corrected chi connectivity index (χ1v) is 6.44. The van der Waals surface area contributed by atoms with Crippen LogP contribution in [0.5, 0.6) is 5.75 Å². The number of rotatable bonds is 5. The number of nitrogens with two attached hydrogens (primary N) is 1. The fourth-order valence-electron chi connectivity index (χ4n) is 1.66. The van der Waals surface area contributed by atoms with Crippen LogP contribution in [0, 0.1) is 0 Å². The van der Waals surface area contributed by atoms with Gasteiger partial charge in [0.1, 0.15) is 5.75 Å². The van der Waals surface area contributed by atoms with E-state index in [9.17, 15) is 4.79 Å². The fourth-order valence-corrected chi connectivity index (χ4v) is 1.66. The van der Waals surface area contributed by atoms with Gasteiger partial charge < -0.3 is 15.8 Å². The Bertz CT molecular complexity index is 585. The number of amides is 1. The lowest BCUT2D eigenvalue weighted by Gasteiger charge is -2.10. The van der Waals surface area contributed by atoms with Gasteiger partial charge in [-0.15, -0.1) is 0 Å². The summed E-state index contributed by atoms with van der Waals surface area (Å²) >= 11 is 0. The highest BCUT2D eigenvalue weighted by molar-refractivity contribution is 6.05. The molecule has 0 unspecified atom stereocenters. The van der Waals surface area contributed by atoms with E-state index >= 15 is 0 Å². The Morgan fingerprint density at radius 2 is 2.25 bits per heavy atom. The topological polar surface area (TPSA) is 77.2 Å². The zero-order chi connectivity index (χ0) is 14.4. The van der Waals surface area contributed by atoms with Gasteiger partial charge in [0, 0.05) is 18.5 Å². The van der Waals surface area contributed by atoms with E-state index < -0.39 is 0 Å². The van der Waals surface area contributed by atoms with Gasteiger partial charge in [0.2, 0.25) is 0 Å². The van der Waals surface area contributed by atoms with Crippen molar-refractivity contribution in [2.45, 2.75) is 13.3 Å². The number of hydrogen-bond donors (Lipinski definition) is 2. The van der Waals surface area contributed by atoms with Gasteiger partial charge in [0.25, 0.3) is 5.91 Å². The molecule has 0 aliphatic rings. The molecule has 0 radical (unpaired) electrons. The normalized spacial score (nSPS) is 10.1. The standard InChI is InChI=1S/C15H17N3O2/c1-2-8-20-12-5-6-14(13(16)9-12)18-15(19)11-4-3-7-17-10-11/h3-7,9-10H,2,8,16H2,1H3,(H,18,19). The van der Waals surface area contributed by atoms with Gasteiger partial charge in [0.05, 0.1) is 23.5 Å². The van der Waals surface area contributed by atoms with Gasteiger partial charge in [-0.3, -0.25) is 9.78 Å². The van der Waals surface area contributed by atoms with Gasteiger partial charge in [-0.05, 0) is 30.7 Å². The molecule has 0 atom stereocenters. The number of hydrogen-bond acceptors (Lipinski definition) is 4. The van der Waals surface area contributed by atoms with E-state index in [4.69, 9.17) is 10.5 Å². The number of benzene rings is 1. The molecule has 0 fully saturated rings. The molecule has 5 heteroatoms. The quantitative estimate of drug-likeness (QED) is 0.820. The molecule has 2 aromatic rings. The number of anilines is 2. The molecular formula is C15H17N3O2. The smallest absolute Gasteiger partial charge is 0.257 e. The number of pyridine rings is 1. The Balaban J connectivity index is 2.08. The SMILES string of the molecule is CCCOc1ccc(NC(=O)c2cccnc2)c(N)c1. The van der Waals surface area contributed by atoms with Crippen molar-refractivity contribution in [3.05, 3.63) is 48.3 Å². The number of nitrogens with zero attached hydrogens (tertiary/aromatic N) is 1. The van der Waals surface area contributed by atoms with E-state index in [1.54, 1.807) is 36.5 Å². The van der Waals surface area contributed by atoms with Crippen molar-refractivity contribution in [3.63, 3.8) is 0 Å². The van der Waals surface area contributed by atoms with Crippen LogP contribution in [-0.4, -0.2) is 17.5 Å². The highest BCUT2D eigenvalue weighted by Gasteiger charge is 2.08. The molecule has 0 aliphatic carbocycles. The Morgan fingerprint density at radius 1 is 1.40 bits per heavy atom. The first kappa shape index (κ1) is 13.9. The third-order valence-electron chi connectivity index (χ3n) is 2.67. The predicted octanol–water partition coefficient (Wildman–Crippen LogP) is 2.70. The summed E-state index contributed by atoms with van der Waals surface area (Å²) in [6.45, 7) is 2.67. The third kappa shape index (κ3) is 3.47. The first-order chi connectivity index (χ1) is 9.70. The summed E-state index contributed by atoms with van der Waals surface area (Å²) in [5.74, 6) is 0.454. The summed E-state index contributed by atoms with van der Waals surface area (Å²) in [5, 5.41) is 2.75. The van der Waals surface area contributed by atoms with Crippen molar-refractivity contribution < 1.29 is 9.53 Å². The van der Waals surface area contributed by atoms with Crippen molar-refractivity contribution in [3.8, 4) is 5.75 Å². The van der Waals surface area contributed by atoms with Crippen LogP contribution in [0.1, 0.15) is 23.7 Å². The second-order valence-electron chi connectivity index (χ2n) is 4.29. The minimum atomic E-state index is -0.243. The lowest BCUT2D eigenvalue weighted by atomic mass is 10.2. The van der Waals surface area contributed by atoms with E-state index in [0.29, 0.717) is 29.3 Å². The van der Waals surface area contributed by atoms with E-state index in [1.807, 2.05) is 6.92 Å². The molecule has 20 heavy (non-hydrogen) atoms. The number of carbonyl (C=O) groups excluding carboxylic acids is 1. The van der Waals surface area contributed by atoms with E-state index in [0.717, 1.165) is 6.42 Å². The largest absolute Gasteiger partial charge is 0.494 e. The predicted molar refractivity (Wildman–Crippen MR) is 78.8 cm³/mol. The number of nitrogen functional groups attached to an aromatic ring is 1. The summed E-state index contributed by atoms with van der Waals surface area (Å²) in [6.07, 6.45) is 4.05. The van der Waals surface area contributed by atoms with Gasteiger partial charge >= 0.3 is 0 Å². The number of ether oxygens (including phenoxy) is 1. The molecule has 0 saturated carbocycles. The average molecular weight is 271 g/mol. The molecule has 0 spiro atoms. The van der Waals surface area contributed by atoms with Gasteiger partial charge in [0.15, 0.2) is 0 Å². The Morgan fingerprint density at radius 3 is 2.90 bits per heavy atom. The van der Waals surface area contributed by atoms with Crippen molar-refractivity contribution in [2.75, 3.05) is 17.7 Å². The second-order valence-corrected chi connectivity index (χ2v) is 4.29. The molecule has 1 aromatic heterocycles. The first-order valence-electron chi connectivity index (χ1n) is 6.44. The van der Waals surface area contributed by atoms with Gasteiger partial charge in [-0.25, -0.2) is 0 Å². The summed E-state index contributed by atoms with van der Waals surface area (Å²) in [4.78, 5) is 15.9. The molecule has 1 heterocycles. The van der Waals surface area contributed by atoms with Crippen LogP contribution in [0.2, 0.25) is 0 Å². The van der Waals surface area contributed by atoms with Crippen molar-refractivity contribution in [1.29, 1.82) is 0 Å². The number of aromatic nitrogens is 1. The fraction of sp³-hybridized carbons (Fsp3) is 0.200. The lowest BCUT2D eigenvalue weighted by molar-refractivity contribution is 0.102. The van der Waals surface area contributed by atoms with Crippen molar-refractivity contribution >= 4 is 17.3 Å². The molecule has 5 nitrogen and oxygen atoms in total. The summed E-state index contributed by atoms with van der Waals surface area (Å²) in [7, 11) is 0. The van der Waals surface area contributed by atoms with Crippen LogP contribution in [0.15, 0.2) is 42.7 Å². The molecule has 0 saturated heterocycles. The lowest BCUT2D eigenvalue weighted by Crippen LogP contribution is -2.13. The summed E-state index contributed by atoms with van der Waals surface area (Å²) < 4.78 is 5.48. The highest BCUT2D eigenvalue weighted by atomic mass is 16.5. The van der Waals surface area contributed by atoms with Crippen LogP contribution in [-0.2, 0) is 0 Å². The molecule has 1 aromatic carbocycles. The molecule has 0 bridgehead atoms. The molecule has 2 rings (SSSR count). The summed E-state index contributed by atoms with van der Waals surface area (Å²) in [5.41, 5.74) is 7.42. The second kappa shape index (κ2) is 6.56. The van der Waals surface area contributed by atoms with Crippen LogP contribution < -0.4 is 15.8 Å². The van der Waals surface area contributed by atoms with Crippen LogP contribution in [0.25, 0.3) is 0 Å². The van der Waals surface area contributed by atoms with Gasteiger partial charge in [-0.2, -0.15) is 0 Å². The zero-order valence-electron chi connectivity index (χ0n) is 11.3. The van der Waals surface area contributed by atoms with E-state index in [1.165, 1.54) is 6.20 Å². The van der Waals surface area contributed by atoms with E-state index in [-0.39, 0.29) is 5.91 Å². The Labute approximate surface area is 117 Å². The molecule has 3 N–H and O–H groups in total. The maximum absolute atomic E-state index is 12.0. The molecular weight excluding hydrogens is 254 g/mol. The molecule has 1 amide bonds. The minimum Gasteiger partial charge on any atom is -0.494 e. The van der Waals surface area contributed by atoms with E-state index in [2.05, 4.69) is 10.3 Å². The van der Waals surface area contributed by atoms with Crippen LogP contribution >= 0.6 is 0 Å². The van der Waals surface area contributed by atoms with Crippen molar-refractivity contribution in [1.82, 2.24) is 4.98 Å². The summed E-state index contributed by atoms with van der Waals surface area (Å²) in [6, 6.07) is 8.62. The number of nitrogens with one attached hydrogen (secondary N) is 1.